The molecule has 0 bridgehead atoms. The molecule has 6 rings (SSSR count). The maximum absolute atomic E-state index is 4.93. The summed E-state index contributed by atoms with van der Waals surface area (Å²) in [6, 6.07) is 38.7. The van der Waals surface area contributed by atoms with Gasteiger partial charge >= 0.3 is 37.9 Å². The van der Waals surface area contributed by atoms with Crippen LogP contribution in [0.2, 0.25) is 13.1 Å². The summed E-state index contributed by atoms with van der Waals surface area (Å²) in [6.45, 7) is 26.8. The zero-order valence-corrected chi connectivity index (χ0v) is 37.3. The van der Waals surface area contributed by atoms with Gasteiger partial charge in [-0.2, -0.15) is 12.1 Å². The van der Waals surface area contributed by atoms with E-state index in [0.29, 0.717) is 5.92 Å². The second kappa shape index (κ2) is 19.0. The fourth-order valence-electron chi connectivity index (χ4n) is 6.12. The van der Waals surface area contributed by atoms with E-state index in [-0.39, 0.29) is 10.8 Å². The van der Waals surface area contributed by atoms with Crippen molar-refractivity contribution in [2.24, 2.45) is 0 Å². The predicted molar refractivity (Wildman–Crippen MR) is 225 cm³/mol. The van der Waals surface area contributed by atoms with Crippen LogP contribution in [0.1, 0.15) is 96.0 Å². The van der Waals surface area contributed by atoms with Gasteiger partial charge in [-0.05, 0) is 52.3 Å². The van der Waals surface area contributed by atoms with Crippen molar-refractivity contribution in [2.45, 2.75) is 106 Å². The first-order valence-corrected chi connectivity index (χ1v) is 26.1. The number of hydrogen-bond acceptors (Lipinski definition) is 0. The monoisotopic (exact) mass is 796 g/mol. The Morgan fingerprint density at radius 1 is 0.660 bits per heavy atom. The van der Waals surface area contributed by atoms with Gasteiger partial charge in [0.25, 0.3) is 0 Å². The van der Waals surface area contributed by atoms with Gasteiger partial charge in [0.15, 0.2) is 0 Å². The molecule has 0 unspecified atom stereocenters. The Hall–Kier alpha value is -2.22. The van der Waals surface area contributed by atoms with E-state index in [2.05, 4.69) is 185 Å². The number of aryl methyl sites for hydroxylation is 2. The third kappa shape index (κ3) is 11.4. The number of fused-ring (bicyclic) bond motifs is 2. The summed E-state index contributed by atoms with van der Waals surface area (Å²) in [4.78, 5) is 0. The first-order chi connectivity index (χ1) is 23.6. The van der Waals surface area contributed by atoms with Gasteiger partial charge in [-0.25, -0.2) is 0 Å². The van der Waals surface area contributed by atoms with Crippen molar-refractivity contribution in [2.75, 3.05) is 0 Å². The maximum atomic E-state index is 4.93. The SMILES string of the molecule is CC(C)c1cc2c(-c3ccc(C(C)(C)C)cc3)cccc2[cH-]1.CCc1cc2c(-c3ccc(C(C)(C)C)cc3)cc(C)cc2[cH-]1.C[Si]C.[Cl][Zr+2][Cl]. The average Bonchev–Trinajstić information content (AvgIpc) is 3.69. The van der Waals surface area contributed by atoms with E-state index < -0.39 is 20.8 Å². The van der Waals surface area contributed by atoms with Gasteiger partial charge in [0.05, 0.1) is 0 Å². The molecule has 0 aromatic heterocycles. The summed E-state index contributed by atoms with van der Waals surface area (Å²) >= 11 is -0.826. The molecule has 0 nitrogen and oxygen atoms in total. The minimum absolute atomic E-state index is 0.204. The first kappa shape index (κ1) is 42.2. The summed E-state index contributed by atoms with van der Waals surface area (Å²) in [5.74, 6) is 0.573. The molecule has 0 fully saturated rings. The van der Waals surface area contributed by atoms with Crippen LogP contribution in [-0.4, -0.2) is 9.52 Å². The molecule has 2 radical (unpaired) electrons. The van der Waals surface area contributed by atoms with Gasteiger partial charge in [0.1, 0.15) is 0 Å². The van der Waals surface area contributed by atoms with Crippen molar-refractivity contribution in [3.8, 4) is 22.3 Å². The predicted octanol–water partition coefficient (Wildman–Crippen LogP) is 15.2. The molecule has 0 saturated heterocycles. The van der Waals surface area contributed by atoms with Gasteiger partial charge in [-0.15, -0.1) is 63.0 Å². The van der Waals surface area contributed by atoms with Crippen molar-refractivity contribution < 1.29 is 20.8 Å². The van der Waals surface area contributed by atoms with E-state index >= 15 is 0 Å². The Kier molecular flexibility index (Phi) is 16.1. The topological polar surface area (TPSA) is 0 Å². The molecule has 6 aromatic carbocycles. The van der Waals surface area contributed by atoms with Crippen LogP contribution in [0.25, 0.3) is 43.8 Å². The Morgan fingerprint density at radius 3 is 1.60 bits per heavy atom. The molecule has 4 heteroatoms. The van der Waals surface area contributed by atoms with Crippen molar-refractivity contribution in [1.82, 2.24) is 0 Å². The Morgan fingerprint density at radius 2 is 1.14 bits per heavy atom. The van der Waals surface area contributed by atoms with Crippen LogP contribution in [-0.2, 0) is 38.1 Å². The molecule has 262 valence electrons. The average molecular weight is 799 g/mol. The normalized spacial score (nSPS) is 11.3. The zero-order chi connectivity index (χ0) is 37.2. The van der Waals surface area contributed by atoms with Crippen molar-refractivity contribution in [3.05, 3.63) is 131 Å². The van der Waals surface area contributed by atoms with E-state index in [4.69, 9.17) is 17.0 Å². The quantitative estimate of drug-likeness (QED) is 0.123. The molecule has 50 heavy (non-hydrogen) atoms. The molecule has 0 N–H and O–H groups in total. The van der Waals surface area contributed by atoms with Gasteiger partial charge in [0.2, 0.25) is 0 Å². The van der Waals surface area contributed by atoms with Crippen LogP contribution in [0.15, 0.2) is 103 Å². The molecule has 0 aliphatic rings. The van der Waals surface area contributed by atoms with Crippen LogP contribution in [0, 0.1) is 6.92 Å². The summed E-state index contributed by atoms with van der Waals surface area (Å²) in [7, 11) is 11.0. The molecule has 0 heterocycles. The van der Waals surface area contributed by atoms with Gasteiger partial charge in [-0.1, -0.05) is 153 Å². The second-order valence-electron chi connectivity index (χ2n) is 15.5. The molecule has 0 atom stereocenters. The van der Waals surface area contributed by atoms with Crippen molar-refractivity contribution in [3.63, 3.8) is 0 Å². The van der Waals surface area contributed by atoms with Gasteiger partial charge < -0.3 is 0 Å². The van der Waals surface area contributed by atoms with Crippen LogP contribution in [0.3, 0.4) is 0 Å². The third-order valence-electron chi connectivity index (χ3n) is 9.00. The molecular weight excluding hydrogens is 743 g/mol. The summed E-state index contributed by atoms with van der Waals surface area (Å²) < 4.78 is 0. The number of hydrogen-bond donors (Lipinski definition) is 0. The van der Waals surface area contributed by atoms with Crippen LogP contribution >= 0.6 is 17.0 Å². The Labute approximate surface area is 325 Å². The summed E-state index contributed by atoms with van der Waals surface area (Å²) in [5, 5.41) is 5.47. The Bertz CT molecular complexity index is 1910. The van der Waals surface area contributed by atoms with Crippen LogP contribution in [0.4, 0.5) is 0 Å². The molecule has 0 aliphatic carbocycles. The van der Waals surface area contributed by atoms with E-state index in [9.17, 15) is 0 Å². The summed E-state index contributed by atoms with van der Waals surface area (Å²) in [6.07, 6.45) is 1.09. The molecule has 0 saturated carbocycles. The first-order valence-electron chi connectivity index (χ1n) is 17.7. The van der Waals surface area contributed by atoms with Crippen molar-refractivity contribution >= 4 is 48.1 Å². The molecular formula is C46H56Cl2SiZr. The van der Waals surface area contributed by atoms with Crippen molar-refractivity contribution in [1.29, 1.82) is 0 Å². The van der Waals surface area contributed by atoms with Crippen LogP contribution in [0.5, 0.6) is 0 Å². The molecule has 0 amide bonds. The standard InChI is InChI=1S/2C22H25.C2H6Si.2ClH.Zr/c1-15(2)18-13-17-7-6-8-20(21(17)14-18)16-9-11-19(12-10-16)22(3,4)5;1-6-16-13-18-11-15(2)12-20(21(18)14-16)17-7-9-19(10-8-17)22(3,4)5;1-3-2;;;/h6-15H,1-5H3;7-14H,6H2,1-5H3;1-2H3;2*1H;/q2*-1;;;;+4/p-2. The Balaban J connectivity index is 0.000000234. The number of benzene rings is 4. The van der Waals surface area contributed by atoms with E-state index in [1.807, 2.05) is 0 Å². The molecule has 0 spiro atoms. The third-order valence-corrected chi connectivity index (χ3v) is 9.00. The fourth-order valence-corrected chi connectivity index (χ4v) is 6.12. The van der Waals surface area contributed by atoms with Crippen LogP contribution < -0.4 is 0 Å². The number of halogens is 2. The van der Waals surface area contributed by atoms with E-state index in [1.54, 1.807) is 0 Å². The fraction of sp³-hybridized carbons (Fsp3) is 0.348. The minimum atomic E-state index is -0.826. The molecule has 6 aromatic rings. The van der Waals surface area contributed by atoms with Gasteiger partial charge in [-0.3, -0.25) is 0 Å². The molecule has 0 aliphatic heterocycles. The second-order valence-corrected chi connectivity index (χ2v) is 20.2. The van der Waals surface area contributed by atoms with Gasteiger partial charge in [0, 0.05) is 9.52 Å². The zero-order valence-electron chi connectivity index (χ0n) is 32.4. The van der Waals surface area contributed by atoms with E-state index in [0.717, 1.165) is 15.9 Å². The van der Waals surface area contributed by atoms with E-state index in [1.165, 1.54) is 71.6 Å². The number of rotatable bonds is 4. The summed E-state index contributed by atoms with van der Waals surface area (Å²) in [5.41, 5.74) is 12.7.